The van der Waals surface area contributed by atoms with Crippen LogP contribution >= 0.6 is 0 Å². The first-order valence-corrected chi connectivity index (χ1v) is 7.65. The van der Waals surface area contributed by atoms with Gasteiger partial charge in [0.25, 0.3) is 0 Å². The summed E-state index contributed by atoms with van der Waals surface area (Å²) in [4.78, 5) is 2.44. The number of nitriles is 1. The second-order valence-electron chi connectivity index (χ2n) is 6.11. The van der Waals surface area contributed by atoms with Crippen molar-refractivity contribution in [3.05, 3.63) is 41.7 Å². The van der Waals surface area contributed by atoms with Crippen molar-refractivity contribution in [3.8, 4) is 6.07 Å². The van der Waals surface area contributed by atoms with Gasteiger partial charge < -0.3 is 10.1 Å². The molecule has 1 saturated heterocycles. The molecule has 0 aromatic carbocycles. The van der Waals surface area contributed by atoms with Gasteiger partial charge in [0.05, 0.1) is 11.1 Å². The van der Waals surface area contributed by atoms with Crippen molar-refractivity contribution in [2.24, 2.45) is 11.7 Å². The summed E-state index contributed by atoms with van der Waals surface area (Å²) >= 11 is 0. The number of nitrogens with two attached hydrogens (primary N) is 1. The van der Waals surface area contributed by atoms with Gasteiger partial charge in [-0.1, -0.05) is 6.07 Å². The van der Waals surface area contributed by atoms with Crippen LogP contribution in [0.2, 0.25) is 0 Å². The molecule has 1 aliphatic rings. The lowest BCUT2D eigenvalue weighted by Crippen LogP contribution is -2.39. The molecule has 4 nitrogen and oxygen atoms in total. The molecule has 1 atom stereocenters. The molecule has 3 rings (SSSR count). The van der Waals surface area contributed by atoms with Gasteiger partial charge in [-0.3, -0.25) is 4.90 Å². The molecular formula is C17H22N4. The number of nitrogens with zero attached hydrogens (tertiary/aromatic N) is 3. The summed E-state index contributed by atoms with van der Waals surface area (Å²) in [5.41, 5.74) is 8.94. The van der Waals surface area contributed by atoms with Crippen molar-refractivity contribution in [3.63, 3.8) is 0 Å². The summed E-state index contributed by atoms with van der Waals surface area (Å²) in [6.07, 6.45) is 6.41. The second kappa shape index (κ2) is 5.88. The van der Waals surface area contributed by atoms with E-state index in [1.165, 1.54) is 0 Å². The average molecular weight is 282 g/mol. The molecule has 0 spiro atoms. The maximum absolute atomic E-state index is 9.45. The van der Waals surface area contributed by atoms with E-state index in [4.69, 9.17) is 5.73 Å². The van der Waals surface area contributed by atoms with Crippen LogP contribution in [0.4, 0.5) is 0 Å². The molecule has 1 unspecified atom stereocenters. The van der Waals surface area contributed by atoms with Crippen LogP contribution in [0.25, 0.3) is 5.52 Å². The first-order valence-electron chi connectivity index (χ1n) is 7.65. The topological polar surface area (TPSA) is 57.5 Å². The van der Waals surface area contributed by atoms with Gasteiger partial charge in [0, 0.05) is 30.5 Å². The Kier molecular flexibility index (Phi) is 3.96. The molecule has 2 aromatic heterocycles. The number of hydrogen-bond donors (Lipinski definition) is 1. The molecule has 0 saturated carbocycles. The summed E-state index contributed by atoms with van der Waals surface area (Å²) in [6.45, 7) is 5.11. The van der Waals surface area contributed by atoms with E-state index in [2.05, 4.69) is 24.1 Å². The SMILES string of the molecule is CC(N)C1CCN(Cc2cn3ccccc3c2C#N)CC1. The zero-order valence-electron chi connectivity index (χ0n) is 12.5. The van der Waals surface area contributed by atoms with E-state index in [1.54, 1.807) is 0 Å². The maximum atomic E-state index is 9.45. The van der Waals surface area contributed by atoms with Gasteiger partial charge in [0.15, 0.2) is 0 Å². The highest BCUT2D eigenvalue weighted by Crippen LogP contribution is 2.24. The number of aromatic nitrogens is 1. The first-order chi connectivity index (χ1) is 10.2. The molecular weight excluding hydrogens is 260 g/mol. The minimum absolute atomic E-state index is 0.291. The summed E-state index contributed by atoms with van der Waals surface area (Å²) in [6, 6.07) is 8.64. The number of fused-ring (bicyclic) bond motifs is 1. The predicted octanol–water partition coefficient (Wildman–Crippen LogP) is 2.37. The van der Waals surface area contributed by atoms with Gasteiger partial charge in [-0.2, -0.15) is 5.26 Å². The highest BCUT2D eigenvalue weighted by molar-refractivity contribution is 5.65. The Hall–Kier alpha value is -1.83. The van der Waals surface area contributed by atoms with E-state index in [0.29, 0.717) is 12.0 Å². The predicted molar refractivity (Wildman–Crippen MR) is 83.8 cm³/mol. The van der Waals surface area contributed by atoms with E-state index in [1.807, 2.05) is 28.8 Å². The summed E-state index contributed by atoms with van der Waals surface area (Å²) in [7, 11) is 0. The van der Waals surface area contributed by atoms with Gasteiger partial charge in [-0.05, 0) is 50.9 Å². The fourth-order valence-corrected chi connectivity index (χ4v) is 3.30. The lowest BCUT2D eigenvalue weighted by Gasteiger charge is -2.33. The van der Waals surface area contributed by atoms with Crippen LogP contribution in [-0.2, 0) is 6.54 Å². The molecule has 3 heterocycles. The molecule has 110 valence electrons. The number of piperidine rings is 1. The molecule has 21 heavy (non-hydrogen) atoms. The second-order valence-corrected chi connectivity index (χ2v) is 6.11. The zero-order chi connectivity index (χ0) is 14.8. The lowest BCUT2D eigenvalue weighted by atomic mass is 9.91. The highest BCUT2D eigenvalue weighted by Gasteiger charge is 2.23. The maximum Gasteiger partial charge on any atom is 0.102 e. The third-order valence-electron chi connectivity index (χ3n) is 4.64. The Morgan fingerprint density at radius 3 is 2.81 bits per heavy atom. The number of hydrogen-bond acceptors (Lipinski definition) is 3. The van der Waals surface area contributed by atoms with Crippen LogP contribution in [0.1, 0.15) is 30.9 Å². The minimum Gasteiger partial charge on any atom is -0.328 e. The van der Waals surface area contributed by atoms with Crippen molar-refractivity contribution < 1.29 is 0 Å². The Morgan fingerprint density at radius 2 is 2.14 bits per heavy atom. The molecule has 0 amide bonds. The molecule has 1 fully saturated rings. The quantitative estimate of drug-likeness (QED) is 0.940. The molecule has 0 bridgehead atoms. The summed E-state index contributed by atoms with van der Waals surface area (Å²) in [5, 5.41) is 9.45. The smallest absolute Gasteiger partial charge is 0.102 e. The first kappa shape index (κ1) is 14.1. The van der Waals surface area contributed by atoms with Crippen molar-refractivity contribution in [1.82, 2.24) is 9.30 Å². The van der Waals surface area contributed by atoms with Gasteiger partial charge >= 0.3 is 0 Å². The molecule has 4 heteroatoms. The highest BCUT2D eigenvalue weighted by atomic mass is 15.1. The van der Waals surface area contributed by atoms with Crippen molar-refractivity contribution in [1.29, 1.82) is 5.26 Å². The minimum atomic E-state index is 0.291. The Morgan fingerprint density at radius 1 is 1.38 bits per heavy atom. The third kappa shape index (κ3) is 2.80. The Bertz CT molecular complexity index is 657. The normalized spacial score (nSPS) is 18.7. The molecule has 2 N–H and O–H groups in total. The van der Waals surface area contributed by atoms with Crippen LogP contribution < -0.4 is 5.73 Å². The van der Waals surface area contributed by atoms with E-state index in [9.17, 15) is 5.26 Å². The molecule has 0 radical (unpaired) electrons. The number of pyridine rings is 1. The standard InChI is InChI=1S/C17H22N4/c1-13(19)14-5-8-20(9-6-14)11-15-12-21-7-3-2-4-17(21)16(15)10-18/h2-4,7,12-14H,5-6,8-9,11,19H2,1H3. The van der Waals surface area contributed by atoms with Gasteiger partial charge in [-0.15, -0.1) is 0 Å². The van der Waals surface area contributed by atoms with E-state index in [0.717, 1.165) is 49.1 Å². The number of rotatable bonds is 3. The fraction of sp³-hybridized carbons (Fsp3) is 0.471. The van der Waals surface area contributed by atoms with Gasteiger partial charge in [-0.25, -0.2) is 0 Å². The van der Waals surface area contributed by atoms with Crippen LogP contribution in [0.3, 0.4) is 0 Å². The third-order valence-corrected chi connectivity index (χ3v) is 4.64. The van der Waals surface area contributed by atoms with Crippen molar-refractivity contribution in [2.45, 2.75) is 32.4 Å². The monoisotopic (exact) mass is 282 g/mol. The zero-order valence-corrected chi connectivity index (χ0v) is 12.5. The fourth-order valence-electron chi connectivity index (χ4n) is 3.30. The largest absolute Gasteiger partial charge is 0.328 e. The van der Waals surface area contributed by atoms with E-state index in [-0.39, 0.29) is 0 Å². The van der Waals surface area contributed by atoms with Gasteiger partial charge in [0.2, 0.25) is 0 Å². The lowest BCUT2D eigenvalue weighted by molar-refractivity contribution is 0.165. The summed E-state index contributed by atoms with van der Waals surface area (Å²) in [5.74, 6) is 0.643. The average Bonchev–Trinajstić information content (AvgIpc) is 2.84. The van der Waals surface area contributed by atoms with Crippen LogP contribution in [0.5, 0.6) is 0 Å². The van der Waals surface area contributed by atoms with E-state index < -0.39 is 0 Å². The van der Waals surface area contributed by atoms with Crippen molar-refractivity contribution >= 4 is 5.52 Å². The summed E-state index contributed by atoms with van der Waals surface area (Å²) < 4.78 is 2.04. The molecule has 2 aromatic rings. The molecule has 0 aliphatic carbocycles. The molecule has 1 aliphatic heterocycles. The van der Waals surface area contributed by atoms with Crippen LogP contribution in [-0.4, -0.2) is 28.4 Å². The van der Waals surface area contributed by atoms with Gasteiger partial charge in [0.1, 0.15) is 6.07 Å². The number of likely N-dealkylation sites (tertiary alicyclic amines) is 1. The van der Waals surface area contributed by atoms with E-state index >= 15 is 0 Å². The van der Waals surface area contributed by atoms with Crippen LogP contribution in [0.15, 0.2) is 30.6 Å². The Labute approximate surface area is 125 Å². The van der Waals surface area contributed by atoms with Crippen molar-refractivity contribution in [2.75, 3.05) is 13.1 Å². The van der Waals surface area contributed by atoms with Crippen LogP contribution in [0, 0.1) is 17.2 Å². The Balaban J connectivity index is 1.76.